The van der Waals surface area contributed by atoms with Gasteiger partial charge in [0.2, 0.25) is 0 Å². The molecule has 5 nitrogen and oxygen atoms in total. The summed E-state index contributed by atoms with van der Waals surface area (Å²) in [6, 6.07) is 4.22. The molecular weight excluding hydrogens is 288 g/mol. The van der Waals surface area contributed by atoms with E-state index in [1.807, 2.05) is 26.0 Å². The average Bonchev–Trinajstić information content (AvgIpc) is 2.89. The van der Waals surface area contributed by atoms with Crippen molar-refractivity contribution in [3.63, 3.8) is 0 Å². The maximum atomic E-state index is 6.13. The van der Waals surface area contributed by atoms with Crippen LogP contribution in [0.1, 0.15) is 50.5 Å². The monoisotopic (exact) mass is 314 g/mol. The van der Waals surface area contributed by atoms with Crippen LogP contribution in [0.5, 0.6) is 0 Å². The van der Waals surface area contributed by atoms with Crippen molar-refractivity contribution in [1.82, 2.24) is 10.1 Å². The highest BCUT2D eigenvalue weighted by molar-refractivity contribution is 5.71. The standard InChI is InChI=1S/C18H26N4O/c1-11(14-7-5-4-6-8-14)20-18-15(19)9-10-16(21-18)17-12(2)22-23-13(17)3/h9-11,14H,4-8,19H2,1-3H3,(H,20,21)/t11-/m0/s1. The molecule has 1 aliphatic carbocycles. The van der Waals surface area contributed by atoms with E-state index in [1.54, 1.807) is 0 Å². The average molecular weight is 314 g/mol. The molecule has 3 N–H and O–H groups in total. The molecule has 1 saturated carbocycles. The molecular formula is C18H26N4O. The van der Waals surface area contributed by atoms with Crippen LogP contribution < -0.4 is 11.1 Å². The van der Waals surface area contributed by atoms with Crippen molar-refractivity contribution in [2.24, 2.45) is 5.92 Å². The van der Waals surface area contributed by atoms with Gasteiger partial charge in [0.05, 0.1) is 22.6 Å². The van der Waals surface area contributed by atoms with Crippen molar-refractivity contribution < 1.29 is 4.52 Å². The zero-order valence-corrected chi connectivity index (χ0v) is 14.2. The van der Waals surface area contributed by atoms with Gasteiger partial charge in [-0.15, -0.1) is 0 Å². The van der Waals surface area contributed by atoms with Crippen LogP contribution in [0.3, 0.4) is 0 Å². The van der Waals surface area contributed by atoms with E-state index in [1.165, 1.54) is 32.1 Å². The molecule has 2 aromatic rings. The summed E-state index contributed by atoms with van der Waals surface area (Å²) in [6.45, 7) is 6.08. The summed E-state index contributed by atoms with van der Waals surface area (Å²) in [7, 11) is 0. The Kier molecular flexibility index (Phi) is 4.55. The normalized spacial score (nSPS) is 17.2. The maximum Gasteiger partial charge on any atom is 0.150 e. The predicted octanol–water partition coefficient (Wildman–Crippen LogP) is 4.32. The van der Waals surface area contributed by atoms with Gasteiger partial charge in [0.25, 0.3) is 0 Å². The van der Waals surface area contributed by atoms with E-state index >= 15 is 0 Å². The van der Waals surface area contributed by atoms with Gasteiger partial charge >= 0.3 is 0 Å². The number of anilines is 2. The Bertz CT molecular complexity index is 654. The number of hydrogen-bond donors (Lipinski definition) is 2. The van der Waals surface area contributed by atoms with Crippen molar-refractivity contribution in [3.8, 4) is 11.3 Å². The van der Waals surface area contributed by atoms with Crippen LogP contribution in [-0.2, 0) is 0 Å². The van der Waals surface area contributed by atoms with E-state index in [0.717, 1.165) is 28.5 Å². The Morgan fingerprint density at radius 2 is 1.96 bits per heavy atom. The number of nitrogens with zero attached hydrogens (tertiary/aromatic N) is 2. The first kappa shape index (κ1) is 15.8. The fraction of sp³-hybridized carbons (Fsp3) is 0.556. The lowest BCUT2D eigenvalue weighted by Crippen LogP contribution is -2.28. The van der Waals surface area contributed by atoms with Crippen LogP contribution in [0.25, 0.3) is 11.3 Å². The van der Waals surface area contributed by atoms with Crippen molar-refractivity contribution >= 4 is 11.5 Å². The van der Waals surface area contributed by atoms with Crippen LogP contribution in [-0.4, -0.2) is 16.2 Å². The molecule has 0 aromatic carbocycles. The molecule has 124 valence electrons. The second kappa shape index (κ2) is 6.60. The summed E-state index contributed by atoms with van der Waals surface area (Å²) in [5, 5.41) is 7.55. The van der Waals surface area contributed by atoms with Gasteiger partial charge in [-0.3, -0.25) is 0 Å². The second-order valence-corrected chi connectivity index (χ2v) is 6.66. The number of pyridine rings is 1. The van der Waals surface area contributed by atoms with Crippen LogP contribution in [0.2, 0.25) is 0 Å². The van der Waals surface area contributed by atoms with Crippen LogP contribution in [0.4, 0.5) is 11.5 Å². The smallest absolute Gasteiger partial charge is 0.150 e. The molecule has 0 aliphatic heterocycles. The molecule has 1 aliphatic rings. The first-order chi connectivity index (χ1) is 11.1. The van der Waals surface area contributed by atoms with Gasteiger partial charge in [0.1, 0.15) is 11.6 Å². The van der Waals surface area contributed by atoms with Gasteiger partial charge in [-0.1, -0.05) is 24.4 Å². The number of rotatable bonds is 4. The van der Waals surface area contributed by atoms with Crippen LogP contribution in [0.15, 0.2) is 16.7 Å². The summed E-state index contributed by atoms with van der Waals surface area (Å²) < 4.78 is 5.25. The summed E-state index contributed by atoms with van der Waals surface area (Å²) in [5.41, 5.74) is 9.48. The van der Waals surface area contributed by atoms with E-state index in [9.17, 15) is 0 Å². The fourth-order valence-electron chi connectivity index (χ4n) is 3.54. The van der Waals surface area contributed by atoms with Crippen LogP contribution in [0, 0.1) is 19.8 Å². The van der Waals surface area contributed by atoms with E-state index in [0.29, 0.717) is 17.6 Å². The first-order valence-corrected chi connectivity index (χ1v) is 8.52. The number of aryl methyl sites for hydroxylation is 2. The van der Waals surface area contributed by atoms with Gasteiger partial charge in [0, 0.05) is 6.04 Å². The third kappa shape index (κ3) is 3.33. The molecule has 1 atom stereocenters. The predicted molar refractivity (Wildman–Crippen MR) is 93.3 cm³/mol. The van der Waals surface area contributed by atoms with E-state index in [4.69, 9.17) is 15.2 Å². The summed E-state index contributed by atoms with van der Waals surface area (Å²) in [4.78, 5) is 4.74. The molecule has 0 saturated heterocycles. The van der Waals surface area contributed by atoms with E-state index < -0.39 is 0 Å². The number of hydrogen-bond acceptors (Lipinski definition) is 5. The minimum atomic E-state index is 0.380. The third-order valence-corrected chi connectivity index (χ3v) is 4.94. The van der Waals surface area contributed by atoms with E-state index in [-0.39, 0.29) is 0 Å². The highest BCUT2D eigenvalue weighted by atomic mass is 16.5. The zero-order chi connectivity index (χ0) is 16.4. The largest absolute Gasteiger partial charge is 0.396 e. The second-order valence-electron chi connectivity index (χ2n) is 6.66. The summed E-state index contributed by atoms with van der Waals surface area (Å²) in [5.74, 6) is 2.25. The lowest BCUT2D eigenvalue weighted by atomic mass is 9.84. The number of aromatic nitrogens is 2. The molecule has 23 heavy (non-hydrogen) atoms. The van der Waals surface area contributed by atoms with E-state index in [2.05, 4.69) is 17.4 Å². The van der Waals surface area contributed by atoms with Crippen molar-refractivity contribution in [2.75, 3.05) is 11.1 Å². The fourth-order valence-corrected chi connectivity index (χ4v) is 3.54. The SMILES string of the molecule is Cc1noc(C)c1-c1ccc(N)c(N[C@@H](C)C2CCCCC2)n1. The molecule has 3 rings (SSSR count). The number of nitrogens with one attached hydrogen (secondary N) is 1. The summed E-state index contributed by atoms with van der Waals surface area (Å²) >= 11 is 0. The third-order valence-electron chi connectivity index (χ3n) is 4.94. The maximum absolute atomic E-state index is 6.13. The Hall–Kier alpha value is -2.04. The number of nitrogen functional groups attached to an aromatic ring is 1. The lowest BCUT2D eigenvalue weighted by molar-refractivity contribution is 0.328. The van der Waals surface area contributed by atoms with Gasteiger partial charge in [-0.05, 0) is 51.7 Å². The molecule has 0 radical (unpaired) electrons. The first-order valence-electron chi connectivity index (χ1n) is 8.52. The molecule has 1 fully saturated rings. The number of nitrogens with two attached hydrogens (primary N) is 1. The zero-order valence-electron chi connectivity index (χ0n) is 14.2. The minimum absolute atomic E-state index is 0.380. The minimum Gasteiger partial charge on any atom is -0.396 e. The molecule has 2 heterocycles. The molecule has 5 heteroatoms. The van der Waals surface area contributed by atoms with Crippen molar-refractivity contribution in [2.45, 2.75) is 58.9 Å². The Morgan fingerprint density at radius 1 is 1.22 bits per heavy atom. The Balaban J connectivity index is 1.83. The highest BCUT2D eigenvalue weighted by Gasteiger charge is 2.21. The molecule has 0 amide bonds. The highest BCUT2D eigenvalue weighted by Crippen LogP contribution is 2.31. The van der Waals surface area contributed by atoms with Gasteiger partial charge < -0.3 is 15.6 Å². The Labute approximate surface area is 137 Å². The van der Waals surface area contributed by atoms with Crippen molar-refractivity contribution in [1.29, 1.82) is 0 Å². The van der Waals surface area contributed by atoms with Gasteiger partial charge in [-0.2, -0.15) is 0 Å². The Morgan fingerprint density at radius 3 is 2.61 bits per heavy atom. The lowest BCUT2D eigenvalue weighted by Gasteiger charge is -2.29. The van der Waals surface area contributed by atoms with Crippen molar-refractivity contribution in [3.05, 3.63) is 23.6 Å². The van der Waals surface area contributed by atoms with Gasteiger partial charge in [0.15, 0.2) is 0 Å². The van der Waals surface area contributed by atoms with Gasteiger partial charge in [-0.25, -0.2) is 4.98 Å². The summed E-state index contributed by atoms with van der Waals surface area (Å²) in [6.07, 6.45) is 6.61. The molecule has 0 unspecified atom stereocenters. The molecule has 0 spiro atoms. The molecule has 0 bridgehead atoms. The quantitative estimate of drug-likeness (QED) is 0.879. The topological polar surface area (TPSA) is 77.0 Å². The van der Waals surface area contributed by atoms with Crippen LogP contribution >= 0.6 is 0 Å². The molecule has 2 aromatic heterocycles.